The van der Waals surface area contributed by atoms with Crippen molar-refractivity contribution in [2.24, 2.45) is 5.41 Å². The van der Waals surface area contributed by atoms with Crippen molar-refractivity contribution in [3.63, 3.8) is 0 Å². The van der Waals surface area contributed by atoms with Crippen molar-refractivity contribution in [2.75, 3.05) is 18.7 Å². The predicted octanol–water partition coefficient (Wildman–Crippen LogP) is 3.83. The molecule has 186 valence electrons. The van der Waals surface area contributed by atoms with Crippen LogP contribution in [0.3, 0.4) is 0 Å². The van der Waals surface area contributed by atoms with Crippen LogP contribution in [0, 0.1) is 5.41 Å². The molecule has 0 aliphatic rings. The monoisotopic (exact) mass is 482 g/mol. The van der Waals surface area contributed by atoms with Crippen LogP contribution >= 0.6 is 0 Å². The van der Waals surface area contributed by atoms with Gasteiger partial charge in [-0.15, -0.1) is 6.58 Å². The summed E-state index contributed by atoms with van der Waals surface area (Å²) < 4.78 is 15.1. The highest BCUT2D eigenvalue weighted by atomic mass is 16.7. The van der Waals surface area contributed by atoms with Crippen molar-refractivity contribution in [1.29, 1.82) is 0 Å². The van der Waals surface area contributed by atoms with Crippen molar-refractivity contribution < 1.29 is 33.4 Å². The minimum absolute atomic E-state index is 0.138. The zero-order valence-corrected chi connectivity index (χ0v) is 20.3. The molecule has 9 nitrogen and oxygen atoms in total. The fourth-order valence-electron chi connectivity index (χ4n) is 2.64. The Hall–Kier alpha value is -4.14. The van der Waals surface area contributed by atoms with Gasteiger partial charge in [-0.2, -0.15) is 0 Å². The van der Waals surface area contributed by atoms with Crippen LogP contribution in [0.1, 0.15) is 36.7 Å². The lowest BCUT2D eigenvalue weighted by atomic mass is 9.98. The highest BCUT2D eigenvalue weighted by Crippen LogP contribution is 2.16. The van der Waals surface area contributed by atoms with Gasteiger partial charge in [0.15, 0.2) is 0 Å². The van der Waals surface area contributed by atoms with Gasteiger partial charge in [0.1, 0.15) is 12.6 Å². The summed E-state index contributed by atoms with van der Waals surface area (Å²) in [6.45, 7) is 8.09. The molecule has 0 saturated heterocycles. The van der Waals surface area contributed by atoms with E-state index in [4.69, 9.17) is 14.2 Å². The topological polar surface area (TPSA) is 111 Å². The Morgan fingerprint density at radius 3 is 2.17 bits per heavy atom. The minimum atomic E-state index is -1.15. The molecular formula is C26H30N2O7. The molecule has 0 unspecified atom stereocenters. The first-order chi connectivity index (χ1) is 16.5. The number of carbonyl (C=O) groups is 4. The SMILES string of the molecule is C=C[C@H](NC(=O)c1ccc(N(C)C(=O)OCc2ccccc2)cc1)C(=O)OCOC(=O)C(C)(C)C. The maximum atomic E-state index is 12.5. The van der Waals surface area contributed by atoms with E-state index in [0.29, 0.717) is 5.69 Å². The second kappa shape index (κ2) is 12.4. The molecule has 2 aromatic rings. The molecule has 0 aliphatic carbocycles. The largest absolute Gasteiger partial charge is 0.444 e. The van der Waals surface area contributed by atoms with Crippen LogP contribution in [-0.2, 0) is 30.4 Å². The summed E-state index contributed by atoms with van der Waals surface area (Å²) in [5.41, 5.74) is 0.889. The van der Waals surface area contributed by atoms with Gasteiger partial charge in [0.05, 0.1) is 5.41 Å². The van der Waals surface area contributed by atoms with E-state index in [0.717, 1.165) is 5.56 Å². The van der Waals surface area contributed by atoms with Crippen LogP contribution in [0.15, 0.2) is 67.3 Å². The lowest BCUT2D eigenvalue weighted by Gasteiger charge is -2.18. The number of hydrogen-bond acceptors (Lipinski definition) is 7. The van der Waals surface area contributed by atoms with Crippen molar-refractivity contribution >= 4 is 29.6 Å². The van der Waals surface area contributed by atoms with E-state index in [1.807, 2.05) is 30.3 Å². The normalized spacial score (nSPS) is 11.5. The number of carbonyl (C=O) groups excluding carboxylic acids is 4. The summed E-state index contributed by atoms with van der Waals surface area (Å²) in [6.07, 6.45) is 0.657. The van der Waals surface area contributed by atoms with E-state index in [1.165, 1.54) is 23.1 Å². The van der Waals surface area contributed by atoms with Crippen molar-refractivity contribution in [3.05, 3.63) is 78.4 Å². The highest BCUT2D eigenvalue weighted by molar-refractivity contribution is 5.98. The Morgan fingerprint density at radius 2 is 1.60 bits per heavy atom. The summed E-state index contributed by atoms with van der Waals surface area (Å²) >= 11 is 0. The third-order valence-electron chi connectivity index (χ3n) is 4.78. The molecule has 0 aliphatic heterocycles. The Balaban J connectivity index is 1.89. The van der Waals surface area contributed by atoms with Crippen molar-refractivity contribution in [1.82, 2.24) is 5.32 Å². The number of amides is 2. The summed E-state index contributed by atoms with van der Waals surface area (Å²) in [5.74, 6) is -1.91. The average molecular weight is 483 g/mol. The maximum Gasteiger partial charge on any atom is 0.414 e. The number of anilines is 1. The van der Waals surface area contributed by atoms with Crippen LogP contribution in [0.2, 0.25) is 0 Å². The molecule has 0 aromatic heterocycles. The van der Waals surface area contributed by atoms with E-state index >= 15 is 0 Å². The molecule has 35 heavy (non-hydrogen) atoms. The lowest BCUT2D eigenvalue weighted by molar-refractivity contribution is -0.173. The summed E-state index contributed by atoms with van der Waals surface area (Å²) in [4.78, 5) is 50.1. The number of ether oxygens (including phenoxy) is 3. The zero-order chi connectivity index (χ0) is 26.0. The average Bonchev–Trinajstić information content (AvgIpc) is 2.85. The van der Waals surface area contributed by atoms with E-state index in [-0.39, 0.29) is 12.2 Å². The predicted molar refractivity (Wildman–Crippen MR) is 129 cm³/mol. The highest BCUT2D eigenvalue weighted by Gasteiger charge is 2.25. The number of esters is 2. The van der Waals surface area contributed by atoms with E-state index in [2.05, 4.69) is 11.9 Å². The number of nitrogens with zero attached hydrogens (tertiary/aromatic N) is 1. The van der Waals surface area contributed by atoms with Gasteiger partial charge in [-0.3, -0.25) is 14.5 Å². The van der Waals surface area contributed by atoms with Crippen LogP contribution in [-0.4, -0.2) is 43.8 Å². The first-order valence-corrected chi connectivity index (χ1v) is 10.8. The second-order valence-corrected chi connectivity index (χ2v) is 8.60. The standard InChI is InChI=1S/C26H30N2O7/c1-6-21(23(30)34-17-35-24(31)26(2,3)4)27-22(29)19-12-14-20(15-13-19)28(5)25(32)33-16-18-10-8-7-9-11-18/h6-15,21H,1,16-17H2,2-5H3,(H,27,29)/t21-/m0/s1. The van der Waals surface area contributed by atoms with Crippen molar-refractivity contribution in [3.8, 4) is 0 Å². The Morgan fingerprint density at radius 1 is 0.971 bits per heavy atom. The molecule has 0 fully saturated rings. The van der Waals surface area contributed by atoms with Gasteiger partial charge in [0.2, 0.25) is 6.79 Å². The number of benzene rings is 2. The maximum absolute atomic E-state index is 12.5. The Bertz CT molecular complexity index is 1040. The summed E-state index contributed by atoms with van der Waals surface area (Å²) in [5, 5.41) is 2.48. The number of hydrogen-bond donors (Lipinski definition) is 1. The lowest BCUT2D eigenvalue weighted by Crippen LogP contribution is -2.40. The molecule has 2 rings (SSSR count). The van der Waals surface area contributed by atoms with Crippen LogP contribution in [0.25, 0.3) is 0 Å². The van der Waals surface area contributed by atoms with Gasteiger partial charge >= 0.3 is 18.0 Å². The van der Waals surface area contributed by atoms with E-state index < -0.39 is 42.2 Å². The summed E-state index contributed by atoms with van der Waals surface area (Å²) in [6, 6.07) is 14.3. The van der Waals surface area contributed by atoms with Crippen LogP contribution in [0.4, 0.5) is 10.5 Å². The molecule has 2 amide bonds. The second-order valence-electron chi connectivity index (χ2n) is 8.60. The van der Waals surface area contributed by atoms with Crippen LogP contribution < -0.4 is 10.2 Å². The third-order valence-corrected chi connectivity index (χ3v) is 4.78. The molecule has 0 radical (unpaired) electrons. The Labute approximate surface area is 204 Å². The molecule has 9 heteroatoms. The number of nitrogens with one attached hydrogen (secondary N) is 1. The van der Waals surface area contributed by atoms with Crippen LogP contribution in [0.5, 0.6) is 0 Å². The fourth-order valence-corrected chi connectivity index (χ4v) is 2.64. The molecule has 0 saturated carbocycles. The van der Waals surface area contributed by atoms with Gasteiger partial charge in [0, 0.05) is 18.3 Å². The van der Waals surface area contributed by atoms with Gasteiger partial charge in [-0.1, -0.05) is 36.4 Å². The van der Waals surface area contributed by atoms with Gasteiger partial charge in [0.25, 0.3) is 5.91 Å². The first-order valence-electron chi connectivity index (χ1n) is 10.8. The zero-order valence-electron chi connectivity index (χ0n) is 20.3. The first kappa shape index (κ1) is 27.1. The summed E-state index contributed by atoms with van der Waals surface area (Å²) in [7, 11) is 1.55. The third kappa shape index (κ3) is 8.29. The minimum Gasteiger partial charge on any atom is -0.444 e. The molecule has 2 aromatic carbocycles. The fraction of sp³-hybridized carbons (Fsp3) is 0.308. The quantitative estimate of drug-likeness (QED) is 0.328. The molecular weight excluding hydrogens is 452 g/mol. The molecule has 0 bridgehead atoms. The Kier molecular flexibility index (Phi) is 9.57. The van der Waals surface area contributed by atoms with Gasteiger partial charge < -0.3 is 19.5 Å². The molecule has 1 N–H and O–H groups in total. The smallest absolute Gasteiger partial charge is 0.414 e. The molecule has 0 spiro atoms. The van der Waals surface area contributed by atoms with Gasteiger partial charge in [-0.25, -0.2) is 9.59 Å². The molecule has 1 atom stereocenters. The van der Waals surface area contributed by atoms with Crippen molar-refractivity contribution in [2.45, 2.75) is 33.4 Å². The van der Waals surface area contributed by atoms with E-state index in [9.17, 15) is 19.2 Å². The van der Waals surface area contributed by atoms with E-state index in [1.54, 1.807) is 40.0 Å². The molecule has 0 heterocycles. The number of rotatable bonds is 9. The van der Waals surface area contributed by atoms with Gasteiger partial charge in [-0.05, 0) is 50.6 Å².